The number of carbonyl (C=O) groups excluding carboxylic acids is 2. The molecule has 2 fully saturated rings. The van der Waals surface area contributed by atoms with Crippen molar-refractivity contribution in [3.05, 3.63) is 47.0 Å². The van der Waals surface area contributed by atoms with Crippen LogP contribution in [0.15, 0.2) is 40.7 Å². The lowest BCUT2D eigenvalue weighted by Crippen LogP contribution is -2.37. The Morgan fingerprint density at radius 3 is 2.71 bits per heavy atom. The van der Waals surface area contributed by atoms with Gasteiger partial charge in [-0.1, -0.05) is 26.0 Å². The number of benzene rings is 1. The van der Waals surface area contributed by atoms with Crippen LogP contribution in [-0.2, 0) is 14.3 Å². The van der Waals surface area contributed by atoms with E-state index < -0.39 is 5.54 Å². The van der Waals surface area contributed by atoms with Crippen LogP contribution in [0.3, 0.4) is 0 Å². The number of amides is 1. The monoisotopic (exact) mass is 628 g/mol. The van der Waals surface area contributed by atoms with Crippen molar-refractivity contribution in [1.29, 1.82) is 0 Å². The molecule has 0 radical (unpaired) electrons. The maximum absolute atomic E-state index is 13.9. The number of carbonyl (C=O) groups is 2. The van der Waals surface area contributed by atoms with E-state index in [1.807, 2.05) is 37.1 Å². The second-order valence-corrected chi connectivity index (χ2v) is 14.1. The van der Waals surface area contributed by atoms with E-state index in [-0.39, 0.29) is 35.7 Å². The molecule has 3 aromatic rings. The van der Waals surface area contributed by atoms with Gasteiger partial charge in [0.1, 0.15) is 28.3 Å². The van der Waals surface area contributed by atoms with E-state index in [0.717, 1.165) is 57.9 Å². The molecule has 9 nitrogen and oxygen atoms in total. The highest BCUT2D eigenvalue weighted by atomic mass is 32.1. The first-order valence-electron chi connectivity index (χ1n) is 16.0. The Morgan fingerprint density at radius 1 is 1.11 bits per heavy atom. The number of esters is 1. The van der Waals surface area contributed by atoms with Gasteiger partial charge < -0.3 is 19.1 Å². The average molecular weight is 629 g/mol. The van der Waals surface area contributed by atoms with Crippen molar-refractivity contribution < 1.29 is 23.8 Å². The number of aliphatic imine (C=N–C) groups is 1. The van der Waals surface area contributed by atoms with Crippen molar-refractivity contribution in [1.82, 2.24) is 14.9 Å². The Bertz CT molecular complexity index is 1730. The predicted molar refractivity (Wildman–Crippen MR) is 174 cm³/mol. The van der Waals surface area contributed by atoms with Crippen molar-refractivity contribution in [2.24, 2.45) is 22.7 Å². The van der Waals surface area contributed by atoms with E-state index in [0.29, 0.717) is 43.4 Å². The third kappa shape index (κ3) is 5.30. The van der Waals surface area contributed by atoms with Gasteiger partial charge >= 0.3 is 5.97 Å². The summed E-state index contributed by atoms with van der Waals surface area (Å²) in [5.74, 6) is 1.26. The summed E-state index contributed by atoms with van der Waals surface area (Å²) in [6, 6.07) is 5.88. The Hall–Kier alpha value is -3.79. The number of ether oxygens (including phenoxy) is 3. The number of allylic oxidation sites excluding steroid dienone is 1. The number of aromatic nitrogens is 2. The first kappa shape index (κ1) is 29.9. The second-order valence-electron chi connectivity index (χ2n) is 13.2. The molecule has 1 amide bonds. The summed E-state index contributed by atoms with van der Waals surface area (Å²) in [6.45, 7) is 6.94. The second kappa shape index (κ2) is 11.5. The molecule has 2 saturated carbocycles. The summed E-state index contributed by atoms with van der Waals surface area (Å²) >= 11 is 1.57. The Balaban J connectivity index is 1.25. The molecule has 1 aromatic carbocycles. The molecule has 2 aromatic heterocycles. The third-order valence-corrected chi connectivity index (χ3v) is 10.7. The van der Waals surface area contributed by atoms with Crippen LogP contribution >= 0.6 is 11.3 Å². The fourth-order valence-corrected chi connectivity index (χ4v) is 7.97. The van der Waals surface area contributed by atoms with Crippen LogP contribution < -0.4 is 9.47 Å². The maximum Gasteiger partial charge on any atom is 0.341 e. The minimum Gasteiger partial charge on any atom is -0.496 e. The number of hydrogen-bond donors (Lipinski definition) is 0. The number of fused-ring (bicyclic) bond motifs is 3. The van der Waals surface area contributed by atoms with Gasteiger partial charge in [0.2, 0.25) is 5.91 Å². The maximum atomic E-state index is 13.9. The molecule has 2 bridgehead atoms. The molecule has 7 rings (SSSR count). The molecule has 5 atom stereocenters. The normalized spacial score (nSPS) is 28.0. The molecular formula is C35H40N4O5S. The minimum absolute atomic E-state index is 0.0515. The summed E-state index contributed by atoms with van der Waals surface area (Å²) in [4.78, 5) is 43.6. The molecule has 2 aliphatic carbocycles. The smallest absolute Gasteiger partial charge is 0.341 e. The predicted octanol–water partition coefficient (Wildman–Crippen LogP) is 6.48. The zero-order valence-electron chi connectivity index (χ0n) is 26.5. The number of aryl methyl sites for hydroxylation is 1. The van der Waals surface area contributed by atoms with Gasteiger partial charge in [0.15, 0.2) is 11.4 Å². The number of thiazole rings is 1. The zero-order valence-corrected chi connectivity index (χ0v) is 27.4. The number of nitrogens with zero attached hydrogens (tertiary/aromatic N) is 4. The van der Waals surface area contributed by atoms with Crippen LogP contribution in [0.25, 0.3) is 21.6 Å². The third-order valence-electron chi connectivity index (χ3n) is 9.85. The Morgan fingerprint density at radius 2 is 1.93 bits per heavy atom. The largest absolute Gasteiger partial charge is 0.496 e. The summed E-state index contributed by atoms with van der Waals surface area (Å²) in [5.41, 5.74) is 2.66. The van der Waals surface area contributed by atoms with Crippen LogP contribution in [0.4, 0.5) is 0 Å². The number of hydrogen-bond acceptors (Lipinski definition) is 9. The van der Waals surface area contributed by atoms with E-state index in [1.165, 1.54) is 0 Å². The van der Waals surface area contributed by atoms with Gasteiger partial charge in [-0.15, -0.1) is 11.3 Å². The van der Waals surface area contributed by atoms with E-state index in [1.54, 1.807) is 18.4 Å². The lowest BCUT2D eigenvalue weighted by molar-refractivity contribution is -0.138. The van der Waals surface area contributed by atoms with Gasteiger partial charge in [0, 0.05) is 41.9 Å². The van der Waals surface area contributed by atoms with Crippen molar-refractivity contribution in [2.45, 2.75) is 76.9 Å². The van der Waals surface area contributed by atoms with E-state index in [2.05, 4.69) is 31.4 Å². The lowest BCUT2D eigenvalue weighted by atomic mass is 9.94. The summed E-state index contributed by atoms with van der Waals surface area (Å²) in [5, 5.41) is 3.78. The number of rotatable bonds is 5. The van der Waals surface area contributed by atoms with Crippen molar-refractivity contribution in [3.8, 4) is 22.2 Å². The quantitative estimate of drug-likeness (QED) is 0.235. The SMILES string of the molecule is COc1ccc2c(OC3CC4C(=O)N(C)CCCCC=CC5CC56N=C(OC6=O)C4C3)cc(-c3nc(C(C)C)cs3)nc2c1C. The molecule has 4 heterocycles. The molecule has 45 heavy (non-hydrogen) atoms. The average Bonchev–Trinajstić information content (AvgIpc) is 3.35. The van der Waals surface area contributed by atoms with Gasteiger partial charge in [-0.2, -0.15) is 0 Å². The molecule has 4 aliphatic rings. The molecule has 1 spiro atoms. The highest BCUT2D eigenvalue weighted by Crippen LogP contribution is 2.53. The van der Waals surface area contributed by atoms with Gasteiger partial charge in [0.25, 0.3) is 0 Å². The summed E-state index contributed by atoms with van der Waals surface area (Å²) < 4.78 is 18.3. The summed E-state index contributed by atoms with van der Waals surface area (Å²) in [7, 11) is 3.53. The van der Waals surface area contributed by atoms with E-state index >= 15 is 0 Å². The Kier molecular flexibility index (Phi) is 7.66. The van der Waals surface area contributed by atoms with Crippen molar-refractivity contribution >= 4 is 40.0 Å². The number of pyridine rings is 1. The van der Waals surface area contributed by atoms with E-state index in [9.17, 15) is 9.59 Å². The summed E-state index contributed by atoms with van der Waals surface area (Å²) in [6.07, 6.45) is 8.53. The number of methoxy groups -OCH3 is 1. The molecule has 10 heteroatoms. The molecule has 236 valence electrons. The van der Waals surface area contributed by atoms with Crippen LogP contribution in [0.5, 0.6) is 11.5 Å². The van der Waals surface area contributed by atoms with Crippen LogP contribution in [0.1, 0.15) is 69.5 Å². The molecule has 0 saturated heterocycles. The molecule has 2 aliphatic heterocycles. The van der Waals surface area contributed by atoms with Gasteiger partial charge in [0.05, 0.1) is 30.2 Å². The topological polar surface area (TPSA) is 103 Å². The zero-order chi connectivity index (χ0) is 31.5. The van der Waals surface area contributed by atoms with Crippen molar-refractivity contribution in [3.63, 3.8) is 0 Å². The first-order valence-corrected chi connectivity index (χ1v) is 16.9. The lowest BCUT2D eigenvalue weighted by Gasteiger charge is -2.24. The molecule has 5 unspecified atom stereocenters. The standard InChI is InChI=1S/C35H40N4O5S/c1-19(2)27-18-45-32(37-27)26-16-29(23-11-12-28(42-5)20(3)30(23)36-26)43-22-14-24-25(15-22)33(40)39(4)13-9-7-6-8-10-21-17-35(21)34(41)44-31(24)38-35/h8,10-12,16,18-19,21-22,24-25H,6-7,9,13-15,17H2,1-5H3. The highest BCUT2D eigenvalue weighted by molar-refractivity contribution is 7.13. The van der Waals surface area contributed by atoms with Crippen LogP contribution in [0.2, 0.25) is 0 Å². The van der Waals surface area contributed by atoms with Crippen LogP contribution in [0, 0.1) is 24.7 Å². The Labute approximate surface area is 267 Å². The van der Waals surface area contributed by atoms with Gasteiger partial charge in [-0.25, -0.2) is 19.8 Å². The molecule has 0 N–H and O–H groups in total. The van der Waals surface area contributed by atoms with Crippen LogP contribution in [-0.4, -0.2) is 65.0 Å². The van der Waals surface area contributed by atoms with Gasteiger partial charge in [-0.3, -0.25) is 4.79 Å². The fraction of sp³-hybridized carbons (Fsp3) is 0.514. The fourth-order valence-electron chi connectivity index (χ4n) is 7.03. The van der Waals surface area contributed by atoms with Gasteiger partial charge in [-0.05, 0) is 63.5 Å². The van der Waals surface area contributed by atoms with E-state index in [4.69, 9.17) is 29.2 Å². The minimum atomic E-state index is -0.816. The molecular weight excluding hydrogens is 588 g/mol. The first-order chi connectivity index (χ1) is 21.7. The highest BCUT2D eigenvalue weighted by Gasteiger charge is 2.65. The van der Waals surface area contributed by atoms with Crippen molar-refractivity contribution in [2.75, 3.05) is 20.7 Å².